The van der Waals surface area contributed by atoms with E-state index < -0.39 is 47.4 Å². The summed E-state index contributed by atoms with van der Waals surface area (Å²) >= 11 is 0. The maximum Gasteiger partial charge on any atom is 0.410 e. The Bertz CT molecular complexity index is 786. The summed E-state index contributed by atoms with van der Waals surface area (Å²) in [4.78, 5) is 64.0. The first-order valence-electron chi connectivity index (χ1n) is 11.6. The number of hydrogen-bond donors (Lipinski definition) is 4. The van der Waals surface area contributed by atoms with E-state index in [-0.39, 0.29) is 31.5 Å². The number of rotatable bonds is 9. The van der Waals surface area contributed by atoms with Crippen LogP contribution in [0.5, 0.6) is 0 Å². The van der Waals surface area contributed by atoms with Crippen LogP contribution in [0.3, 0.4) is 0 Å². The molecule has 1 rings (SSSR count). The van der Waals surface area contributed by atoms with E-state index in [1.807, 2.05) is 13.8 Å². The van der Waals surface area contributed by atoms with Crippen LogP contribution in [0, 0.1) is 5.92 Å². The maximum absolute atomic E-state index is 13.4. The minimum atomic E-state index is -1.32. The number of nitrogens with zero attached hydrogens (tertiary/aromatic N) is 1. The summed E-state index contributed by atoms with van der Waals surface area (Å²) in [5, 5.41) is 10.7. The lowest BCUT2D eigenvalue weighted by Crippen LogP contribution is -2.65. The van der Waals surface area contributed by atoms with Crippen LogP contribution in [0.2, 0.25) is 0 Å². The third kappa shape index (κ3) is 8.03. The Morgan fingerprint density at radius 1 is 1.06 bits per heavy atom. The zero-order valence-electron chi connectivity index (χ0n) is 21.0. The average molecular weight is 482 g/mol. The highest BCUT2D eigenvalue weighted by Crippen LogP contribution is 2.29. The SMILES string of the molecule is C=CCOC(=O)N1CCC[C@@](NC(C)=O)(C(=O)N[C@@H](C)C(=O)N[C@@H](C)C(=O)NC(C)C)[C@H](C)C1. The zero-order chi connectivity index (χ0) is 26.1. The summed E-state index contributed by atoms with van der Waals surface area (Å²) in [5.74, 6) is -2.27. The van der Waals surface area contributed by atoms with E-state index in [2.05, 4.69) is 27.8 Å². The van der Waals surface area contributed by atoms with Crippen LogP contribution in [0.1, 0.15) is 54.4 Å². The van der Waals surface area contributed by atoms with E-state index in [1.165, 1.54) is 24.8 Å². The van der Waals surface area contributed by atoms with Gasteiger partial charge in [-0.2, -0.15) is 0 Å². The van der Waals surface area contributed by atoms with Gasteiger partial charge in [0.1, 0.15) is 24.2 Å². The quantitative estimate of drug-likeness (QED) is 0.352. The largest absolute Gasteiger partial charge is 0.445 e. The van der Waals surface area contributed by atoms with E-state index in [9.17, 15) is 24.0 Å². The Morgan fingerprint density at radius 2 is 1.65 bits per heavy atom. The molecule has 1 fully saturated rings. The Kier molecular flexibility index (Phi) is 11.0. The Hall–Kier alpha value is -3.11. The molecule has 0 aromatic carbocycles. The fourth-order valence-corrected chi connectivity index (χ4v) is 3.86. The minimum absolute atomic E-state index is 0.0707. The lowest BCUT2D eigenvalue weighted by molar-refractivity contribution is -0.138. The van der Waals surface area contributed by atoms with Crippen LogP contribution in [0.4, 0.5) is 4.79 Å². The van der Waals surface area contributed by atoms with Crippen molar-refractivity contribution in [3.8, 4) is 0 Å². The van der Waals surface area contributed by atoms with Gasteiger partial charge in [-0.15, -0.1) is 0 Å². The third-order valence-corrected chi connectivity index (χ3v) is 5.65. The molecule has 1 saturated heterocycles. The van der Waals surface area contributed by atoms with E-state index in [0.29, 0.717) is 13.0 Å². The van der Waals surface area contributed by atoms with Gasteiger partial charge < -0.3 is 30.9 Å². The molecule has 1 aliphatic heterocycles. The van der Waals surface area contributed by atoms with E-state index in [0.717, 1.165) is 0 Å². The summed E-state index contributed by atoms with van der Waals surface area (Å²) in [6.45, 7) is 13.9. The van der Waals surface area contributed by atoms with E-state index >= 15 is 0 Å². The lowest BCUT2D eigenvalue weighted by Gasteiger charge is -2.38. The highest BCUT2D eigenvalue weighted by molar-refractivity contribution is 5.96. The second-order valence-corrected chi connectivity index (χ2v) is 9.06. The molecule has 0 bridgehead atoms. The fraction of sp³-hybridized carbons (Fsp3) is 0.696. The highest BCUT2D eigenvalue weighted by Gasteiger charge is 2.47. The predicted molar refractivity (Wildman–Crippen MR) is 127 cm³/mol. The summed E-state index contributed by atoms with van der Waals surface area (Å²) in [7, 11) is 0. The fourth-order valence-electron chi connectivity index (χ4n) is 3.86. The molecule has 1 aliphatic rings. The van der Waals surface area contributed by atoms with Crippen LogP contribution in [-0.2, 0) is 23.9 Å². The van der Waals surface area contributed by atoms with Crippen LogP contribution < -0.4 is 21.3 Å². The molecule has 0 aromatic rings. The molecule has 0 radical (unpaired) electrons. The molecule has 0 spiro atoms. The average Bonchev–Trinajstić information content (AvgIpc) is 2.90. The number of ether oxygens (including phenoxy) is 1. The minimum Gasteiger partial charge on any atom is -0.445 e. The van der Waals surface area contributed by atoms with Crippen LogP contribution in [0.15, 0.2) is 12.7 Å². The summed E-state index contributed by atoms with van der Waals surface area (Å²) in [6, 6.07) is -1.83. The smallest absolute Gasteiger partial charge is 0.410 e. The number of hydrogen-bond acceptors (Lipinski definition) is 6. The first kappa shape index (κ1) is 28.9. The normalized spacial score (nSPS) is 22.0. The number of amides is 5. The van der Waals surface area contributed by atoms with Gasteiger partial charge in [0.25, 0.3) is 0 Å². The first-order valence-corrected chi connectivity index (χ1v) is 11.6. The molecular weight excluding hydrogens is 442 g/mol. The summed E-state index contributed by atoms with van der Waals surface area (Å²) < 4.78 is 5.12. The van der Waals surface area contributed by atoms with Gasteiger partial charge in [-0.1, -0.05) is 19.6 Å². The molecule has 4 N–H and O–H groups in total. The van der Waals surface area contributed by atoms with Gasteiger partial charge in [-0.25, -0.2) is 4.79 Å². The van der Waals surface area contributed by atoms with Gasteiger partial charge in [0.15, 0.2) is 0 Å². The molecule has 4 atom stereocenters. The molecule has 5 amide bonds. The zero-order valence-corrected chi connectivity index (χ0v) is 21.0. The van der Waals surface area contributed by atoms with Crippen molar-refractivity contribution in [3.05, 3.63) is 12.7 Å². The number of carbonyl (C=O) groups excluding carboxylic acids is 5. The van der Waals surface area contributed by atoms with E-state index in [4.69, 9.17) is 4.74 Å². The molecule has 0 unspecified atom stereocenters. The Labute approximate surface area is 201 Å². The highest BCUT2D eigenvalue weighted by atomic mass is 16.6. The van der Waals surface area contributed by atoms with Crippen LogP contribution in [0.25, 0.3) is 0 Å². The first-order chi connectivity index (χ1) is 15.8. The Morgan fingerprint density at radius 3 is 2.21 bits per heavy atom. The van der Waals surface area contributed by atoms with Gasteiger partial charge in [0, 0.05) is 32.0 Å². The van der Waals surface area contributed by atoms with Crippen molar-refractivity contribution < 1.29 is 28.7 Å². The van der Waals surface area contributed by atoms with E-state index in [1.54, 1.807) is 13.8 Å². The summed E-state index contributed by atoms with van der Waals surface area (Å²) in [5.41, 5.74) is -1.32. The number of likely N-dealkylation sites (tertiary alicyclic amines) is 1. The van der Waals surface area contributed by atoms with Crippen molar-refractivity contribution in [2.24, 2.45) is 5.92 Å². The second-order valence-electron chi connectivity index (χ2n) is 9.06. The van der Waals surface area contributed by atoms with Gasteiger partial charge in [-0.3, -0.25) is 19.2 Å². The molecule has 0 saturated carbocycles. The van der Waals surface area contributed by atoms with Gasteiger partial charge in [-0.05, 0) is 40.5 Å². The summed E-state index contributed by atoms with van der Waals surface area (Å²) in [6.07, 6.45) is 1.65. The topological polar surface area (TPSA) is 146 Å². The molecule has 0 aromatic heterocycles. The van der Waals surface area contributed by atoms with Gasteiger partial charge >= 0.3 is 6.09 Å². The molecule has 34 heavy (non-hydrogen) atoms. The van der Waals surface area contributed by atoms with Crippen molar-refractivity contribution in [1.82, 2.24) is 26.2 Å². The van der Waals surface area contributed by atoms with Crippen molar-refractivity contribution in [2.75, 3.05) is 19.7 Å². The molecular formula is C23H39N5O6. The van der Waals surface area contributed by atoms with Crippen molar-refractivity contribution >= 4 is 29.7 Å². The molecule has 1 heterocycles. The standard InChI is InChI=1S/C23H39N5O6/c1-8-12-34-22(33)28-11-9-10-23(15(4)13-28,27-18(7)29)21(32)26-17(6)20(31)25-16(5)19(30)24-14(2)3/h8,14-17H,1,9-13H2,2-7H3,(H,24,30)(H,25,31)(H,26,32)(H,27,29)/t15-,16+,17+,23+/m1/s1. The monoisotopic (exact) mass is 481 g/mol. The van der Waals surface area contributed by atoms with Crippen LogP contribution >= 0.6 is 0 Å². The number of carbonyl (C=O) groups is 5. The Balaban J connectivity index is 2.96. The number of nitrogens with one attached hydrogen (secondary N) is 4. The molecule has 0 aliphatic carbocycles. The van der Waals surface area contributed by atoms with Crippen LogP contribution in [-0.4, -0.2) is 78.0 Å². The third-order valence-electron chi connectivity index (χ3n) is 5.65. The lowest BCUT2D eigenvalue weighted by atomic mass is 9.80. The van der Waals surface area contributed by atoms with Crippen molar-refractivity contribution in [1.29, 1.82) is 0 Å². The molecule has 11 heteroatoms. The van der Waals surface area contributed by atoms with Gasteiger partial charge in [0.05, 0.1) is 0 Å². The molecule has 192 valence electrons. The second kappa shape index (κ2) is 13.0. The maximum atomic E-state index is 13.4. The van der Waals surface area contributed by atoms with Crippen molar-refractivity contribution in [3.63, 3.8) is 0 Å². The predicted octanol–water partition coefficient (Wildman–Crippen LogP) is 0.450. The van der Waals surface area contributed by atoms with Crippen molar-refractivity contribution in [2.45, 2.75) is 78.0 Å². The van der Waals surface area contributed by atoms with Gasteiger partial charge in [0.2, 0.25) is 23.6 Å². The molecule has 11 nitrogen and oxygen atoms in total.